The van der Waals surface area contributed by atoms with E-state index in [2.05, 4.69) is 20.2 Å². The second-order valence-electron chi connectivity index (χ2n) is 10.1. The van der Waals surface area contributed by atoms with Gasteiger partial charge >= 0.3 is 0 Å². The summed E-state index contributed by atoms with van der Waals surface area (Å²) in [6, 6.07) is 10.5. The highest BCUT2D eigenvalue weighted by Gasteiger charge is 2.57. The third-order valence-electron chi connectivity index (χ3n) is 7.85. The molecule has 3 heterocycles. The number of nitrogens with zero attached hydrogens (tertiary/aromatic N) is 6. The molecule has 1 saturated heterocycles. The second kappa shape index (κ2) is 9.39. The van der Waals surface area contributed by atoms with Crippen LogP contribution in [0.2, 0.25) is 0 Å². The molecule has 1 saturated carbocycles. The number of nitrogens with one attached hydrogen (secondary N) is 1. The molecule has 1 N–H and O–H groups in total. The maximum absolute atomic E-state index is 15.2. The van der Waals surface area contributed by atoms with E-state index in [0.717, 1.165) is 31.5 Å². The van der Waals surface area contributed by atoms with E-state index in [1.54, 1.807) is 24.1 Å². The molecular weight excluding hydrogens is 501 g/mol. The van der Waals surface area contributed by atoms with Crippen LogP contribution in [0.5, 0.6) is 17.4 Å². The molecule has 0 atom stereocenters. The first kappa shape index (κ1) is 24.9. The molecular formula is C28H28FN7O3. The number of hydrogen-bond donors (Lipinski definition) is 1. The molecule has 10 nitrogen and oxygen atoms in total. The van der Waals surface area contributed by atoms with Gasteiger partial charge in [-0.15, -0.1) is 0 Å². The van der Waals surface area contributed by atoms with Crippen molar-refractivity contribution in [1.82, 2.24) is 19.8 Å². The maximum atomic E-state index is 15.2. The van der Waals surface area contributed by atoms with Crippen molar-refractivity contribution in [2.75, 3.05) is 57.6 Å². The van der Waals surface area contributed by atoms with Crippen LogP contribution in [0.15, 0.2) is 36.5 Å². The van der Waals surface area contributed by atoms with Gasteiger partial charge in [-0.2, -0.15) is 10.2 Å². The van der Waals surface area contributed by atoms with Crippen LogP contribution in [0, 0.1) is 17.1 Å². The summed E-state index contributed by atoms with van der Waals surface area (Å²) in [7, 11) is 5.35. The topological polar surface area (TPSA) is 107 Å². The number of nitriles is 1. The average molecular weight is 530 g/mol. The highest BCUT2D eigenvalue weighted by molar-refractivity contribution is 6.03. The van der Waals surface area contributed by atoms with Gasteiger partial charge in [0.2, 0.25) is 11.8 Å². The predicted octanol–water partition coefficient (Wildman–Crippen LogP) is 3.86. The van der Waals surface area contributed by atoms with Crippen molar-refractivity contribution in [2.45, 2.75) is 18.4 Å². The lowest BCUT2D eigenvalue weighted by Crippen LogP contribution is -2.44. The molecule has 6 rings (SSSR count). The van der Waals surface area contributed by atoms with Crippen molar-refractivity contribution < 1.29 is 18.7 Å². The zero-order valence-electron chi connectivity index (χ0n) is 22.0. The number of piperazine rings is 1. The smallest absolute Gasteiger partial charge is 0.258 e. The lowest BCUT2D eigenvalue weighted by molar-refractivity contribution is 0.0753. The third kappa shape index (κ3) is 4.17. The number of ether oxygens (including phenoxy) is 2. The standard InChI is InChI=1S/C28H28FN7O3/c1-34-9-11-36(12-10-34)21-14-23(38-3)20(13-19(21)29)32-27-31-16-17(15-30)25(33-27)39-22-6-4-5-18-24(22)26(37)35(2)28(18)7-8-28/h4-6,13-14,16H,7-12H2,1-3H3,(H,31,32,33). The predicted molar refractivity (Wildman–Crippen MR) is 142 cm³/mol. The van der Waals surface area contributed by atoms with Gasteiger partial charge in [0.05, 0.1) is 35.8 Å². The van der Waals surface area contributed by atoms with E-state index in [9.17, 15) is 10.1 Å². The normalized spacial score (nSPS) is 17.7. The van der Waals surface area contributed by atoms with Crippen LogP contribution in [0.1, 0.15) is 34.3 Å². The minimum absolute atomic E-state index is 0.0101. The number of carbonyl (C=O) groups is 1. The van der Waals surface area contributed by atoms with Crippen LogP contribution in [-0.2, 0) is 5.54 Å². The SMILES string of the molecule is COc1cc(N2CCN(C)CC2)c(F)cc1Nc1ncc(C#N)c(Oc2cccc3c2C(=O)N(C)C32CC2)n1. The Morgan fingerprint density at radius 3 is 2.59 bits per heavy atom. The monoisotopic (exact) mass is 529 g/mol. The summed E-state index contributed by atoms with van der Waals surface area (Å²) in [5.41, 5.74) is 2.05. The minimum Gasteiger partial charge on any atom is -0.494 e. The van der Waals surface area contributed by atoms with Crippen molar-refractivity contribution in [3.63, 3.8) is 0 Å². The average Bonchev–Trinajstić information content (AvgIpc) is 3.72. The van der Waals surface area contributed by atoms with E-state index in [1.807, 2.05) is 30.1 Å². The van der Waals surface area contributed by atoms with Gasteiger partial charge in [0.15, 0.2) is 0 Å². The van der Waals surface area contributed by atoms with Crippen molar-refractivity contribution in [3.8, 4) is 23.4 Å². The van der Waals surface area contributed by atoms with E-state index in [1.165, 1.54) is 19.4 Å². The maximum Gasteiger partial charge on any atom is 0.258 e. The summed E-state index contributed by atoms with van der Waals surface area (Å²) < 4.78 is 26.8. The number of carbonyl (C=O) groups excluding carboxylic acids is 1. The number of rotatable bonds is 6. The highest BCUT2D eigenvalue weighted by Crippen LogP contribution is 2.57. The lowest BCUT2D eigenvalue weighted by Gasteiger charge is -2.34. The molecule has 3 aromatic rings. The second-order valence-corrected chi connectivity index (χ2v) is 10.1. The van der Waals surface area contributed by atoms with Crippen LogP contribution in [-0.4, -0.2) is 73.1 Å². The Bertz CT molecular complexity index is 1510. The highest BCUT2D eigenvalue weighted by atomic mass is 19.1. The first-order valence-electron chi connectivity index (χ1n) is 12.8. The van der Waals surface area contributed by atoms with Gasteiger partial charge < -0.3 is 29.5 Å². The fraction of sp³-hybridized carbons (Fsp3) is 0.357. The number of methoxy groups -OCH3 is 1. The summed E-state index contributed by atoms with van der Waals surface area (Å²) in [5, 5.41) is 12.7. The first-order chi connectivity index (χ1) is 18.8. The fourth-order valence-electron chi connectivity index (χ4n) is 5.39. The molecule has 0 bridgehead atoms. The van der Waals surface area contributed by atoms with E-state index >= 15 is 4.39 Å². The quantitative estimate of drug-likeness (QED) is 0.509. The Morgan fingerprint density at radius 1 is 1.13 bits per heavy atom. The molecule has 1 aliphatic carbocycles. The molecule has 200 valence electrons. The molecule has 1 amide bonds. The van der Waals surface area contributed by atoms with Crippen LogP contribution in [0.3, 0.4) is 0 Å². The van der Waals surface area contributed by atoms with Gasteiger partial charge in [-0.25, -0.2) is 9.37 Å². The van der Waals surface area contributed by atoms with Gasteiger partial charge in [0, 0.05) is 45.4 Å². The largest absolute Gasteiger partial charge is 0.494 e. The Balaban J connectivity index is 1.30. The van der Waals surface area contributed by atoms with Crippen molar-refractivity contribution >= 4 is 23.2 Å². The van der Waals surface area contributed by atoms with Gasteiger partial charge in [-0.1, -0.05) is 12.1 Å². The molecule has 1 spiro atoms. The number of hydrogen-bond acceptors (Lipinski definition) is 9. The summed E-state index contributed by atoms with van der Waals surface area (Å²) in [4.78, 5) is 27.6. The Morgan fingerprint density at radius 2 is 1.90 bits per heavy atom. The molecule has 1 aromatic heterocycles. The molecule has 2 aromatic carbocycles. The van der Waals surface area contributed by atoms with Crippen LogP contribution >= 0.6 is 0 Å². The molecule has 11 heteroatoms. The Kier molecular flexibility index (Phi) is 5.99. The van der Waals surface area contributed by atoms with E-state index in [-0.39, 0.29) is 28.8 Å². The van der Waals surface area contributed by atoms with E-state index < -0.39 is 5.82 Å². The Labute approximate surface area is 225 Å². The number of aromatic nitrogens is 2. The summed E-state index contributed by atoms with van der Waals surface area (Å²) in [6.07, 6.45) is 3.14. The van der Waals surface area contributed by atoms with Crippen molar-refractivity contribution in [3.05, 3.63) is 59.0 Å². The molecule has 2 aliphatic heterocycles. The van der Waals surface area contributed by atoms with Gasteiger partial charge in [-0.3, -0.25) is 4.79 Å². The molecule has 0 radical (unpaired) electrons. The van der Waals surface area contributed by atoms with Gasteiger partial charge in [0.1, 0.15) is 28.9 Å². The number of fused-ring (bicyclic) bond motifs is 2. The van der Waals surface area contributed by atoms with E-state index in [0.29, 0.717) is 41.5 Å². The molecule has 3 aliphatic rings. The number of halogens is 1. The number of benzene rings is 2. The third-order valence-corrected chi connectivity index (χ3v) is 7.85. The van der Waals surface area contributed by atoms with Crippen LogP contribution < -0.4 is 19.7 Å². The molecule has 0 unspecified atom stereocenters. The van der Waals surface area contributed by atoms with Crippen LogP contribution in [0.25, 0.3) is 0 Å². The number of likely N-dealkylation sites (N-methyl/N-ethyl adjacent to an activating group) is 1. The first-order valence-corrected chi connectivity index (χ1v) is 12.8. The summed E-state index contributed by atoms with van der Waals surface area (Å²) in [5.74, 6) is 0.307. The Hall–Kier alpha value is -4.43. The number of anilines is 3. The molecule has 2 fully saturated rings. The fourth-order valence-corrected chi connectivity index (χ4v) is 5.39. The molecule has 39 heavy (non-hydrogen) atoms. The van der Waals surface area contributed by atoms with Gasteiger partial charge in [0.25, 0.3) is 5.91 Å². The van der Waals surface area contributed by atoms with E-state index in [4.69, 9.17) is 9.47 Å². The lowest BCUT2D eigenvalue weighted by atomic mass is 10.0. The summed E-state index contributed by atoms with van der Waals surface area (Å²) >= 11 is 0. The zero-order chi connectivity index (χ0) is 27.3. The summed E-state index contributed by atoms with van der Waals surface area (Å²) in [6.45, 7) is 3.12. The van der Waals surface area contributed by atoms with Crippen molar-refractivity contribution in [2.24, 2.45) is 0 Å². The zero-order valence-corrected chi connectivity index (χ0v) is 22.0. The minimum atomic E-state index is -0.399. The van der Waals surface area contributed by atoms with Gasteiger partial charge in [-0.05, 0) is 31.5 Å². The number of amides is 1. The van der Waals surface area contributed by atoms with Crippen LogP contribution in [0.4, 0.5) is 21.7 Å². The van der Waals surface area contributed by atoms with Crippen molar-refractivity contribution in [1.29, 1.82) is 5.26 Å².